The zero-order chi connectivity index (χ0) is 14.3. The summed E-state index contributed by atoms with van der Waals surface area (Å²) in [6.45, 7) is 0.163. The molecule has 0 radical (unpaired) electrons. The number of piperidine rings is 1. The first-order valence-corrected chi connectivity index (χ1v) is 6.47. The minimum absolute atomic E-state index is 0.0521. The molecule has 0 aromatic rings. The van der Waals surface area contributed by atoms with Crippen LogP contribution >= 0.6 is 0 Å². The number of primary amides is 1. The van der Waals surface area contributed by atoms with Gasteiger partial charge in [0.1, 0.15) is 5.60 Å². The topological polar surface area (TPSA) is 83.6 Å². The lowest BCUT2D eigenvalue weighted by molar-refractivity contribution is -0.224. The molecule has 3 N–H and O–H groups in total. The zero-order valence-corrected chi connectivity index (χ0v) is 10.6. The molecular weight excluding hydrogens is 258 g/mol. The molecule has 1 saturated heterocycles. The molecule has 108 valence electrons. The van der Waals surface area contributed by atoms with E-state index in [0.717, 1.165) is 4.90 Å². The second-order valence-electron chi connectivity index (χ2n) is 5.43. The van der Waals surface area contributed by atoms with Crippen LogP contribution in [0.3, 0.4) is 0 Å². The first kappa shape index (κ1) is 14.2. The van der Waals surface area contributed by atoms with E-state index in [9.17, 15) is 23.5 Å². The van der Waals surface area contributed by atoms with Crippen molar-refractivity contribution in [1.82, 2.24) is 4.90 Å². The summed E-state index contributed by atoms with van der Waals surface area (Å²) >= 11 is 0. The number of nitrogens with two attached hydrogens (primary N) is 1. The summed E-state index contributed by atoms with van der Waals surface area (Å²) in [7, 11) is 0. The Hall–Kier alpha value is -1.24. The predicted molar refractivity (Wildman–Crippen MR) is 62.2 cm³/mol. The van der Waals surface area contributed by atoms with Crippen LogP contribution in [0.4, 0.5) is 8.78 Å². The fraction of sp³-hybridized carbons (Fsp3) is 0.833. The van der Waals surface area contributed by atoms with Crippen molar-refractivity contribution >= 4 is 11.8 Å². The standard InChI is InChI=1S/C12H18F2N2O3/c13-12(14,11(19)4-1-5-11)10(18)16-6-2-8(3-7-16)9(15)17/h8,19H,1-7H2,(H2,15,17). The van der Waals surface area contributed by atoms with Gasteiger partial charge in [-0.05, 0) is 32.1 Å². The Morgan fingerprint density at radius 2 is 1.79 bits per heavy atom. The van der Waals surface area contributed by atoms with Gasteiger partial charge < -0.3 is 15.7 Å². The Balaban J connectivity index is 1.99. The summed E-state index contributed by atoms with van der Waals surface area (Å²) < 4.78 is 27.9. The van der Waals surface area contributed by atoms with Gasteiger partial charge in [0.15, 0.2) is 0 Å². The number of hydrogen-bond donors (Lipinski definition) is 2. The molecule has 1 aliphatic carbocycles. The number of halogens is 2. The van der Waals surface area contributed by atoms with Crippen molar-refractivity contribution in [3.63, 3.8) is 0 Å². The Morgan fingerprint density at radius 1 is 1.26 bits per heavy atom. The minimum atomic E-state index is -3.75. The number of carbonyl (C=O) groups is 2. The number of carbonyl (C=O) groups excluding carboxylic acids is 2. The Kier molecular flexibility index (Phi) is 3.51. The van der Waals surface area contributed by atoms with Crippen LogP contribution in [0.15, 0.2) is 0 Å². The summed E-state index contributed by atoms with van der Waals surface area (Å²) in [5.74, 6) is -5.90. The normalized spacial score (nSPS) is 23.8. The lowest BCUT2D eigenvalue weighted by Gasteiger charge is -2.44. The molecule has 2 amide bonds. The minimum Gasteiger partial charge on any atom is -0.383 e. The highest BCUT2D eigenvalue weighted by Gasteiger charge is 2.62. The van der Waals surface area contributed by atoms with Crippen LogP contribution in [0, 0.1) is 5.92 Å². The van der Waals surface area contributed by atoms with Gasteiger partial charge in [0.2, 0.25) is 5.91 Å². The van der Waals surface area contributed by atoms with Gasteiger partial charge in [-0.25, -0.2) is 0 Å². The van der Waals surface area contributed by atoms with Crippen molar-refractivity contribution in [3.05, 3.63) is 0 Å². The van der Waals surface area contributed by atoms with E-state index >= 15 is 0 Å². The SMILES string of the molecule is NC(=O)C1CCN(C(=O)C(F)(F)C2(O)CCC2)CC1. The van der Waals surface area contributed by atoms with Crippen LogP contribution in [-0.2, 0) is 9.59 Å². The molecular formula is C12H18F2N2O3. The highest BCUT2D eigenvalue weighted by Crippen LogP contribution is 2.45. The van der Waals surface area contributed by atoms with Crippen molar-refractivity contribution < 1.29 is 23.5 Å². The Morgan fingerprint density at radius 3 is 2.16 bits per heavy atom. The summed E-state index contributed by atoms with van der Waals surface area (Å²) in [5.41, 5.74) is 2.95. The molecule has 2 rings (SSSR count). The first-order valence-electron chi connectivity index (χ1n) is 6.47. The van der Waals surface area contributed by atoms with Crippen LogP contribution in [-0.4, -0.2) is 46.4 Å². The van der Waals surface area contributed by atoms with E-state index < -0.39 is 23.3 Å². The Labute approximate surface area is 109 Å². The van der Waals surface area contributed by atoms with Crippen LogP contribution in [0.1, 0.15) is 32.1 Å². The van der Waals surface area contributed by atoms with Gasteiger partial charge in [-0.15, -0.1) is 0 Å². The third-order valence-electron chi connectivity index (χ3n) is 4.22. The monoisotopic (exact) mass is 276 g/mol. The summed E-state index contributed by atoms with van der Waals surface area (Å²) in [6.07, 6.45) is 1.00. The van der Waals surface area contributed by atoms with Crippen LogP contribution in [0.5, 0.6) is 0 Å². The van der Waals surface area contributed by atoms with Gasteiger partial charge in [-0.1, -0.05) is 0 Å². The van der Waals surface area contributed by atoms with Gasteiger partial charge in [-0.2, -0.15) is 8.78 Å². The average molecular weight is 276 g/mol. The second kappa shape index (κ2) is 4.70. The highest BCUT2D eigenvalue weighted by molar-refractivity contribution is 5.85. The van der Waals surface area contributed by atoms with E-state index in [1.165, 1.54) is 0 Å². The van der Waals surface area contributed by atoms with E-state index in [4.69, 9.17) is 5.73 Å². The van der Waals surface area contributed by atoms with E-state index in [-0.39, 0.29) is 31.8 Å². The van der Waals surface area contributed by atoms with Crippen molar-refractivity contribution in [2.45, 2.75) is 43.6 Å². The maximum atomic E-state index is 14.0. The first-order chi connectivity index (χ1) is 8.78. The van der Waals surface area contributed by atoms with Crippen molar-refractivity contribution in [1.29, 1.82) is 0 Å². The smallest absolute Gasteiger partial charge is 0.352 e. The van der Waals surface area contributed by atoms with E-state index in [1.807, 2.05) is 0 Å². The molecule has 2 fully saturated rings. The largest absolute Gasteiger partial charge is 0.383 e. The number of likely N-dealkylation sites (tertiary alicyclic amines) is 1. The molecule has 5 nitrogen and oxygen atoms in total. The number of aliphatic hydroxyl groups is 1. The summed E-state index contributed by atoms with van der Waals surface area (Å²) in [6, 6.07) is 0. The summed E-state index contributed by atoms with van der Waals surface area (Å²) in [5, 5.41) is 9.71. The average Bonchev–Trinajstić information content (AvgIpc) is 2.34. The van der Waals surface area contributed by atoms with Crippen molar-refractivity contribution in [3.8, 4) is 0 Å². The number of amides is 2. The van der Waals surface area contributed by atoms with Gasteiger partial charge in [-0.3, -0.25) is 9.59 Å². The molecule has 1 heterocycles. The van der Waals surface area contributed by atoms with Gasteiger partial charge >= 0.3 is 5.92 Å². The lowest BCUT2D eigenvalue weighted by Crippen LogP contribution is -2.62. The van der Waals surface area contributed by atoms with Gasteiger partial charge in [0.25, 0.3) is 5.91 Å². The molecule has 0 unspecified atom stereocenters. The molecule has 0 atom stereocenters. The Bertz CT molecular complexity index is 388. The molecule has 0 aromatic carbocycles. The number of alkyl halides is 2. The molecule has 1 saturated carbocycles. The van der Waals surface area contributed by atoms with Gasteiger partial charge in [0, 0.05) is 19.0 Å². The second-order valence-corrected chi connectivity index (χ2v) is 5.43. The van der Waals surface area contributed by atoms with Crippen LogP contribution in [0.2, 0.25) is 0 Å². The number of rotatable bonds is 3. The molecule has 0 spiro atoms. The zero-order valence-electron chi connectivity index (χ0n) is 10.6. The fourth-order valence-corrected chi connectivity index (χ4v) is 2.59. The highest BCUT2D eigenvalue weighted by atomic mass is 19.3. The molecule has 2 aliphatic rings. The van der Waals surface area contributed by atoms with Crippen molar-refractivity contribution in [2.75, 3.05) is 13.1 Å². The van der Waals surface area contributed by atoms with E-state index in [0.29, 0.717) is 19.3 Å². The molecule has 1 aliphatic heterocycles. The molecule has 7 heteroatoms. The third-order valence-corrected chi connectivity index (χ3v) is 4.22. The van der Waals surface area contributed by atoms with E-state index in [2.05, 4.69) is 0 Å². The summed E-state index contributed by atoms with van der Waals surface area (Å²) in [4.78, 5) is 23.8. The molecule has 0 bridgehead atoms. The fourth-order valence-electron chi connectivity index (χ4n) is 2.59. The molecule has 0 aromatic heterocycles. The van der Waals surface area contributed by atoms with Crippen LogP contribution in [0.25, 0.3) is 0 Å². The maximum absolute atomic E-state index is 14.0. The van der Waals surface area contributed by atoms with Gasteiger partial charge in [0.05, 0.1) is 0 Å². The number of hydrogen-bond acceptors (Lipinski definition) is 3. The number of nitrogens with zero attached hydrogens (tertiary/aromatic N) is 1. The van der Waals surface area contributed by atoms with E-state index in [1.54, 1.807) is 0 Å². The van der Waals surface area contributed by atoms with Crippen molar-refractivity contribution in [2.24, 2.45) is 11.7 Å². The quantitative estimate of drug-likeness (QED) is 0.775. The maximum Gasteiger partial charge on any atom is 0.352 e. The van der Waals surface area contributed by atoms with Crippen LogP contribution < -0.4 is 5.73 Å². The molecule has 19 heavy (non-hydrogen) atoms. The third kappa shape index (κ3) is 2.31. The lowest BCUT2D eigenvalue weighted by atomic mass is 9.74. The predicted octanol–water partition coefficient (Wildman–Crippen LogP) is 0.261.